The van der Waals surface area contributed by atoms with Crippen molar-refractivity contribution in [1.82, 2.24) is 4.98 Å². The van der Waals surface area contributed by atoms with Gasteiger partial charge in [-0.2, -0.15) is 0 Å². The van der Waals surface area contributed by atoms with Crippen LogP contribution in [0.25, 0.3) is 10.9 Å². The quantitative estimate of drug-likeness (QED) is 0.515. The third-order valence-corrected chi connectivity index (χ3v) is 1.90. The number of fused-ring (bicyclic) bond motifs is 1. The van der Waals surface area contributed by atoms with Crippen molar-refractivity contribution < 1.29 is 5.11 Å². The summed E-state index contributed by atoms with van der Waals surface area (Å²) in [4.78, 5) is 3.14. The van der Waals surface area contributed by atoms with Gasteiger partial charge >= 0.3 is 0 Å². The number of hydrogen-bond acceptors (Lipinski definition) is 2. The summed E-state index contributed by atoms with van der Waals surface area (Å²) in [6.45, 7) is 1.97. The zero-order valence-corrected chi connectivity index (χ0v) is 11.0. The van der Waals surface area contributed by atoms with Gasteiger partial charge in [-0.1, -0.05) is 0 Å². The van der Waals surface area contributed by atoms with Crippen molar-refractivity contribution in [2.45, 2.75) is 6.92 Å². The second-order valence-corrected chi connectivity index (χ2v) is 2.95. The number of benzene rings is 1. The number of rotatable bonds is 0. The van der Waals surface area contributed by atoms with Gasteiger partial charge in [0.15, 0.2) is 0 Å². The highest BCUT2D eigenvalue weighted by atomic mass is 79.9. The van der Waals surface area contributed by atoms with Crippen LogP contribution in [0.3, 0.4) is 0 Å². The van der Waals surface area contributed by atoms with Crippen LogP contribution in [0.15, 0.2) is 18.2 Å². The number of nitrogens with two attached hydrogens (primary N) is 1. The maximum Gasteiger partial charge on any atom is 0.139 e. The fourth-order valence-corrected chi connectivity index (χ4v) is 1.33. The number of phenols is 1. The number of phenolic OH excluding ortho intramolecular Hbond substituents is 1. The Bertz CT molecular complexity index is 401. The van der Waals surface area contributed by atoms with Crippen LogP contribution in [0.5, 0.6) is 5.75 Å². The topological polar surface area (TPSA) is 62.0 Å². The normalized spacial score (nSPS) is 9.21. The number of aromatic nitrogens is 1. The van der Waals surface area contributed by atoms with E-state index in [0.717, 1.165) is 16.6 Å². The van der Waals surface area contributed by atoms with Gasteiger partial charge in [-0.05, 0) is 25.1 Å². The fourth-order valence-electron chi connectivity index (χ4n) is 1.33. The number of hydrogen-bond donors (Lipinski definition) is 3. The summed E-state index contributed by atoms with van der Waals surface area (Å²) in [5.74, 6) is 0.140. The molecule has 0 unspecified atom stereocenters. The summed E-state index contributed by atoms with van der Waals surface area (Å²) in [5, 5.41) is 10.3. The first-order valence-corrected chi connectivity index (χ1v) is 3.74. The number of aryl methyl sites for hydroxylation is 1. The number of aromatic hydroxyl groups is 1. The number of halogens is 2. The fraction of sp³-hybridized carbons (Fsp3) is 0.111. The van der Waals surface area contributed by atoms with Crippen molar-refractivity contribution in [1.29, 1.82) is 0 Å². The average molecular weight is 324 g/mol. The lowest BCUT2D eigenvalue weighted by Gasteiger charge is -1.97. The molecule has 1 aromatic carbocycles. The Morgan fingerprint density at radius 3 is 2.50 bits per heavy atom. The number of anilines is 1. The summed E-state index contributed by atoms with van der Waals surface area (Å²) in [6, 6.07) is 5.36. The Morgan fingerprint density at radius 2 is 1.86 bits per heavy atom. The van der Waals surface area contributed by atoms with Gasteiger partial charge < -0.3 is 15.8 Å². The van der Waals surface area contributed by atoms with Crippen molar-refractivity contribution >= 4 is 50.6 Å². The molecule has 3 nitrogen and oxygen atoms in total. The Labute approximate surface area is 103 Å². The van der Waals surface area contributed by atoms with E-state index in [1.807, 2.05) is 13.0 Å². The number of H-pyrrole nitrogens is 1. The Kier molecular flexibility index (Phi) is 4.48. The van der Waals surface area contributed by atoms with Crippen LogP contribution in [0.1, 0.15) is 5.69 Å². The molecule has 2 aromatic rings. The van der Waals surface area contributed by atoms with Crippen LogP contribution in [0.2, 0.25) is 0 Å². The van der Waals surface area contributed by atoms with Gasteiger partial charge in [-0.25, -0.2) is 0 Å². The first kappa shape index (κ1) is 13.3. The lowest BCUT2D eigenvalue weighted by atomic mass is 10.2. The van der Waals surface area contributed by atoms with Crippen molar-refractivity contribution in [2.75, 3.05) is 5.73 Å². The SMILES string of the molecule is Br.Br.Cc1cc2cc(O)c(N)cc2[nH]1. The number of nitrogens with one attached hydrogen (secondary N) is 1. The van der Waals surface area contributed by atoms with Gasteiger partial charge in [0.25, 0.3) is 0 Å². The zero-order valence-electron chi connectivity index (χ0n) is 7.57. The predicted octanol–water partition coefficient (Wildman–Crippen LogP) is 2.92. The van der Waals surface area contributed by atoms with E-state index in [1.54, 1.807) is 12.1 Å². The molecule has 0 amide bonds. The highest BCUT2D eigenvalue weighted by Gasteiger charge is 2.01. The molecule has 0 aliphatic rings. The molecule has 0 spiro atoms. The van der Waals surface area contributed by atoms with Gasteiger partial charge in [0.05, 0.1) is 5.69 Å². The van der Waals surface area contributed by atoms with Crippen molar-refractivity contribution in [3.8, 4) is 5.75 Å². The lowest BCUT2D eigenvalue weighted by Crippen LogP contribution is -1.84. The Balaban J connectivity index is 0.000000845. The molecule has 1 heterocycles. The zero-order chi connectivity index (χ0) is 8.72. The minimum absolute atomic E-state index is 0. The molecule has 0 fully saturated rings. The summed E-state index contributed by atoms with van der Waals surface area (Å²) in [6.07, 6.45) is 0. The van der Waals surface area contributed by atoms with Crippen molar-refractivity contribution in [3.63, 3.8) is 0 Å². The van der Waals surface area contributed by atoms with E-state index < -0.39 is 0 Å². The molecule has 0 aliphatic heterocycles. The first-order valence-electron chi connectivity index (χ1n) is 3.74. The molecule has 0 atom stereocenters. The third-order valence-electron chi connectivity index (χ3n) is 1.90. The summed E-state index contributed by atoms with van der Waals surface area (Å²) in [5.41, 5.74) is 7.96. The van der Waals surface area contributed by atoms with Crippen molar-refractivity contribution in [3.05, 3.63) is 23.9 Å². The van der Waals surface area contributed by atoms with Gasteiger partial charge in [0.2, 0.25) is 0 Å². The molecule has 1 aromatic heterocycles. The van der Waals surface area contributed by atoms with E-state index >= 15 is 0 Å². The summed E-state index contributed by atoms with van der Waals surface area (Å²) < 4.78 is 0. The number of nitrogen functional groups attached to an aromatic ring is 1. The predicted molar refractivity (Wildman–Crippen MR) is 69.8 cm³/mol. The lowest BCUT2D eigenvalue weighted by molar-refractivity contribution is 0.479. The maximum atomic E-state index is 9.29. The smallest absolute Gasteiger partial charge is 0.139 e. The van der Waals surface area contributed by atoms with Crippen LogP contribution in [0, 0.1) is 6.92 Å². The van der Waals surface area contributed by atoms with E-state index in [-0.39, 0.29) is 39.7 Å². The van der Waals surface area contributed by atoms with E-state index in [1.165, 1.54) is 0 Å². The van der Waals surface area contributed by atoms with Gasteiger partial charge in [-0.15, -0.1) is 34.0 Å². The summed E-state index contributed by atoms with van der Waals surface area (Å²) >= 11 is 0. The van der Waals surface area contributed by atoms with Gasteiger partial charge in [-0.3, -0.25) is 0 Å². The molecule has 0 bridgehead atoms. The van der Waals surface area contributed by atoms with Crippen LogP contribution in [-0.4, -0.2) is 10.1 Å². The van der Waals surface area contributed by atoms with Crippen LogP contribution in [0.4, 0.5) is 5.69 Å². The van der Waals surface area contributed by atoms with Crippen LogP contribution >= 0.6 is 34.0 Å². The molecule has 4 N–H and O–H groups in total. The Morgan fingerprint density at radius 1 is 1.21 bits per heavy atom. The monoisotopic (exact) mass is 322 g/mol. The highest BCUT2D eigenvalue weighted by molar-refractivity contribution is 8.93. The van der Waals surface area contributed by atoms with E-state index in [9.17, 15) is 5.11 Å². The molecule has 78 valence electrons. The van der Waals surface area contributed by atoms with E-state index in [2.05, 4.69) is 4.98 Å². The van der Waals surface area contributed by atoms with Gasteiger partial charge in [0.1, 0.15) is 5.75 Å². The second kappa shape index (κ2) is 4.70. The average Bonchev–Trinajstić information content (AvgIpc) is 2.30. The molecule has 0 radical (unpaired) electrons. The highest BCUT2D eigenvalue weighted by Crippen LogP contribution is 2.26. The molecule has 0 saturated carbocycles. The van der Waals surface area contributed by atoms with Crippen LogP contribution in [-0.2, 0) is 0 Å². The second-order valence-electron chi connectivity index (χ2n) is 2.95. The standard InChI is InChI=1S/C9H10N2O.2BrH/c1-5-2-6-3-9(12)7(10)4-8(6)11-5;;/h2-4,11-12H,10H2,1H3;2*1H. The summed E-state index contributed by atoms with van der Waals surface area (Å²) in [7, 11) is 0. The molecular formula is C9H12Br2N2O. The van der Waals surface area contributed by atoms with Gasteiger partial charge in [0, 0.05) is 16.6 Å². The maximum absolute atomic E-state index is 9.29. The third kappa shape index (κ3) is 2.22. The Hall–Kier alpha value is -0.680. The number of aromatic amines is 1. The van der Waals surface area contributed by atoms with E-state index in [4.69, 9.17) is 5.73 Å². The molecule has 0 saturated heterocycles. The molecule has 5 heteroatoms. The largest absolute Gasteiger partial charge is 0.506 e. The molecule has 14 heavy (non-hydrogen) atoms. The minimum atomic E-state index is 0. The minimum Gasteiger partial charge on any atom is -0.506 e. The van der Waals surface area contributed by atoms with E-state index in [0.29, 0.717) is 5.69 Å². The molecular weight excluding hydrogens is 312 g/mol. The molecule has 2 rings (SSSR count). The van der Waals surface area contributed by atoms with Crippen molar-refractivity contribution in [2.24, 2.45) is 0 Å². The van der Waals surface area contributed by atoms with Crippen LogP contribution < -0.4 is 5.73 Å². The molecule has 0 aliphatic carbocycles. The first-order chi connectivity index (χ1) is 5.66.